The molecule has 0 bridgehead atoms. The molecule has 1 aromatic carbocycles. The van der Waals surface area contributed by atoms with Crippen LogP contribution < -0.4 is 10.2 Å². The number of benzene rings is 1. The summed E-state index contributed by atoms with van der Waals surface area (Å²) < 4.78 is 5.13. The molecule has 10 heteroatoms. The minimum atomic E-state index is -0.477. The van der Waals surface area contributed by atoms with Crippen molar-refractivity contribution in [3.8, 4) is 0 Å². The molecule has 0 saturated carbocycles. The van der Waals surface area contributed by atoms with Gasteiger partial charge in [0, 0.05) is 44.4 Å². The summed E-state index contributed by atoms with van der Waals surface area (Å²) in [6.07, 6.45) is 4.45. The van der Waals surface area contributed by atoms with E-state index in [-0.39, 0.29) is 11.6 Å². The zero-order valence-electron chi connectivity index (χ0n) is 14.7. The largest absolute Gasteiger partial charge is 0.465 e. The molecule has 8 nitrogen and oxygen atoms in total. The van der Waals surface area contributed by atoms with Crippen molar-refractivity contribution in [3.63, 3.8) is 0 Å². The highest BCUT2D eigenvalue weighted by molar-refractivity contribution is 7.80. The van der Waals surface area contributed by atoms with Crippen molar-refractivity contribution in [1.29, 1.82) is 0 Å². The van der Waals surface area contributed by atoms with Gasteiger partial charge in [-0.1, -0.05) is 11.6 Å². The van der Waals surface area contributed by atoms with Crippen LogP contribution in [0.15, 0.2) is 47.1 Å². The van der Waals surface area contributed by atoms with Gasteiger partial charge in [0.15, 0.2) is 5.11 Å². The van der Waals surface area contributed by atoms with Crippen LogP contribution in [-0.4, -0.2) is 47.0 Å². The number of nitro benzene ring substituents is 1. The molecule has 0 spiro atoms. The normalized spacial score (nSPS) is 14.3. The fourth-order valence-corrected chi connectivity index (χ4v) is 3.36. The molecular weight excluding hydrogens is 404 g/mol. The summed E-state index contributed by atoms with van der Waals surface area (Å²) in [5.74, 6) is 0.247. The molecule has 28 heavy (non-hydrogen) atoms. The lowest BCUT2D eigenvalue weighted by atomic mass is 10.2. The second-order valence-corrected chi connectivity index (χ2v) is 6.80. The maximum absolute atomic E-state index is 12.0. The maximum Gasteiger partial charge on any atom is 0.271 e. The van der Waals surface area contributed by atoms with Gasteiger partial charge in [-0.3, -0.25) is 20.2 Å². The van der Waals surface area contributed by atoms with Gasteiger partial charge in [-0.25, -0.2) is 0 Å². The zero-order chi connectivity index (χ0) is 20.1. The highest BCUT2D eigenvalue weighted by atomic mass is 35.5. The van der Waals surface area contributed by atoms with Gasteiger partial charge in [-0.05, 0) is 36.5 Å². The van der Waals surface area contributed by atoms with Crippen molar-refractivity contribution in [3.05, 3.63) is 63.6 Å². The van der Waals surface area contributed by atoms with Crippen LogP contribution in [0.3, 0.4) is 0 Å². The summed E-state index contributed by atoms with van der Waals surface area (Å²) in [5, 5.41) is 14.2. The molecule has 3 rings (SSSR count). The molecule has 1 fully saturated rings. The van der Waals surface area contributed by atoms with E-state index in [1.54, 1.807) is 24.3 Å². The molecule has 1 saturated heterocycles. The van der Waals surface area contributed by atoms with Gasteiger partial charge in [0.25, 0.3) is 5.69 Å². The Balaban J connectivity index is 1.52. The third-order valence-corrected chi connectivity index (χ3v) is 4.88. The van der Waals surface area contributed by atoms with E-state index in [4.69, 9.17) is 28.2 Å². The Labute approximate surface area is 171 Å². The van der Waals surface area contributed by atoms with Crippen molar-refractivity contribution in [1.82, 2.24) is 10.2 Å². The van der Waals surface area contributed by atoms with E-state index in [2.05, 4.69) is 5.32 Å². The lowest BCUT2D eigenvalue weighted by molar-refractivity contribution is -0.384. The first-order chi connectivity index (χ1) is 13.4. The quantitative estimate of drug-likeness (QED) is 0.351. The first-order valence-electron chi connectivity index (χ1n) is 8.44. The van der Waals surface area contributed by atoms with E-state index < -0.39 is 4.92 Å². The predicted octanol–water partition coefficient (Wildman–Crippen LogP) is 3.08. The number of thiocarbonyl (C=S) groups is 1. The fourth-order valence-electron chi connectivity index (χ4n) is 2.79. The number of nitrogens with zero attached hydrogens (tertiary/aromatic N) is 3. The smallest absolute Gasteiger partial charge is 0.271 e. The van der Waals surface area contributed by atoms with Crippen molar-refractivity contribution >= 4 is 52.3 Å². The molecule has 1 amide bonds. The molecular formula is C18H17ClN4O4S. The van der Waals surface area contributed by atoms with Crippen molar-refractivity contribution < 1.29 is 14.1 Å². The van der Waals surface area contributed by atoms with Gasteiger partial charge in [0.1, 0.15) is 5.76 Å². The van der Waals surface area contributed by atoms with Crippen LogP contribution in [0.25, 0.3) is 6.08 Å². The van der Waals surface area contributed by atoms with E-state index >= 15 is 0 Å². The SMILES string of the molecule is O=C(C=Cc1ccco1)NC(=S)N1CCN(c2ccc([N+](=O)[O-])cc2Cl)CC1. The molecule has 1 N–H and O–H groups in total. The van der Waals surface area contributed by atoms with E-state index in [0.717, 1.165) is 5.69 Å². The minimum Gasteiger partial charge on any atom is -0.465 e. The zero-order valence-corrected chi connectivity index (χ0v) is 16.3. The summed E-state index contributed by atoms with van der Waals surface area (Å²) in [6, 6.07) is 7.91. The molecule has 0 aliphatic carbocycles. The van der Waals surface area contributed by atoms with Gasteiger partial charge in [0.2, 0.25) is 5.91 Å². The lowest BCUT2D eigenvalue weighted by Gasteiger charge is -2.37. The number of rotatable bonds is 4. The van der Waals surface area contributed by atoms with Gasteiger partial charge in [0.05, 0.1) is 21.9 Å². The van der Waals surface area contributed by atoms with Gasteiger partial charge >= 0.3 is 0 Å². The van der Waals surface area contributed by atoms with E-state index in [0.29, 0.717) is 42.1 Å². The summed E-state index contributed by atoms with van der Waals surface area (Å²) in [4.78, 5) is 26.2. The Hall–Kier alpha value is -2.91. The van der Waals surface area contributed by atoms with Gasteiger partial charge < -0.3 is 14.2 Å². The van der Waals surface area contributed by atoms with Crippen LogP contribution in [-0.2, 0) is 4.79 Å². The van der Waals surface area contributed by atoms with Crippen LogP contribution in [0.5, 0.6) is 0 Å². The second-order valence-electron chi connectivity index (χ2n) is 6.01. The standard InChI is InChI=1S/C18H17ClN4O4S/c19-15-12-13(23(25)26)3-5-16(15)21-7-9-22(10-8-21)18(28)20-17(24)6-4-14-2-1-11-27-14/h1-6,11-12H,7-10H2,(H,20,24,28). The Kier molecular flexibility index (Phi) is 6.27. The number of anilines is 1. The van der Waals surface area contributed by atoms with Crippen LogP contribution >= 0.6 is 23.8 Å². The Morgan fingerprint density at radius 3 is 2.64 bits per heavy atom. The number of piperazine rings is 1. The topological polar surface area (TPSA) is 91.9 Å². The Morgan fingerprint density at radius 1 is 1.29 bits per heavy atom. The van der Waals surface area contributed by atoms with Crippen LogP contribution in [0.1, 0.15) is 5.76 Å². The number of hydrogen-bond donors (Lipinski definition) is 1. The molecule has 1 aliphatic rings. The average molecular weight is 421 g/mol. The number of hydrogen-bond acceptors (Lipinski definition) is 6. The number of carbonyl (C=O) groups excluding carboxylic acids is 1. The number of halogens is 1. The van der Waals surface area contributed by atoms with Crippen molar-refractivity contribution in [2.24, 2.45) is 0 Å². The number of furan rings is 1. The maximum atomic E-state index is 12.0. The third-order valence-electron chi connectivity index (χ3n) is 4.22. The number of carbonyl (C=O) groups is 1. The fraction of sp³-hybridized carbons (Fsp3) is 0.222. The number of nitro groups is 1. The molecule has 0 radical (unpaired) electrons. The summed E-state index contributed by atoms with van der Waals surface area (Å²) in [6.45, 7) is 2.42. The van der Waals surface area contributed by atoms with E-state index in [1.807, 2.05) is 9.80 Å². The number of amides is 1. The molecule has 2 heterocycles. The number of non-ortho nitro benzene ring substituents is 1. The lowest BCUT2D eigenvalue weighted by Crippen LogP contribution is -2.52. The van der Waals surface area contributed by atoms with Crippen LogP contribution in [0.4, 0.5) is 11.4 Å². The molecule has 146 valence electrons. The Bertz CT molecular complexity index is 908. The molecule has 1 aromatic heterocycles. The van der Waals surface area contributed by atoms with Crippen LogP contribution in [0, 0.1) is 10.1 Å². The molecule has 2 aromatic rings. The second kappa shape index (κ2) is 8.85. The van der Waals surface area contributed by atoms with E-state index in [9.17, 15) is 14.9 Å². The number of nitrogens with one attached hydrogen (secondary N) is 1. The third kappa shape index (κ3) is 4.87. The van der Waals surface area contributed by atoms with Crippen molar-refractivity contribution in [2.45, 2.75) is 0 Å². The Morgan fingerprint density at radius 2 is 2.04 bits per heavy atom. The summed E-state index contributed by atoms with van der Waals surface area (Å²) in [5.41, 5.74) is 0.696. The van der Waals surface area contributed by atoms with Gasteiger partial charge in [-0.15, -0.1) is 0 Å². The van der Waals surface area contributed by atoms with Crippen LogP contribution in [0.2, 0.25) is 5.02 Å². The molecule has 0 atom stereocenters. The highest BCUT2D eigenvalue weighted by Gasteiger charge is 2.22. The highest BCUT2D eigenvalue weighted by Crippen LogP contribution is 2.30. The molecule has 0 unspecified atom stereocenters. The van der Waals surface area contributed by atoms with Gasteiger partial charge in [-0.2, -0.15) is 0 Å². The average Bonchev–Trinajstić information content (AvgIpc) is 3.20. The minimum absolute atomic E-state index is 0.0427. The predicted molar refractivity (Wildman–Crippen MR) is 110 cm³/mol. The van der Waals surface area contributed by atoms with Crippen molar-refractivity contribution in [2.75, 3.05) is 31.1 Å². The summed E-state index contributed by atoms with van der Waals surface area (Å²) in [7, 11) is 0. The molecule has 1 aliphatic heterocycles. The summed E-state index contributed by atoms with van der Waals surface area (Å²) >= 11 is 11.5. The first-order valence-corrected chi connectivity index (χ1v) is 9.23. The monoisotopic (exact) mass is 420 g/mol. The van der Waals surface area contributed by atoms with E-state index in [1.165, 1.54) is 24.5 Å². The first kappa shape index (κ1) is 19.8.